The van der Waals surface area contributed by atoms with Crippen molar-refractivity contribution in [3.05, 3.63) is 47.3 Å². The number of aryl methyl sites for hydroxylation is 2. The molecule has 0 saturated heterocycles. The van der Waals surface area contributed by atoms with E-state index in [0.29, 0.717) is 5.76 Å². The van der Waals surface area contributed by atoms with E-state index in [2.05, 4.69) is 0 Å². The molecule has 0 saturated carbocycles. The predicted octanol–water partition coefficient (Wildman–Crippen LogP) is 1.37. The molecule has 2 aromatic rings. The van der Waals surface area contributed by atoms with E-state index >= 15 is 0 Å². The maximum Gasteiger partial charge on any atom is 0.284 e. The second-order valence-corrected chi connectivity index (χ2v) is 3.63. The Labute approximate surface area is 104 Å². The molecule has 0 aliphatic heterocycles. The fourth-order valence-corrected chi connectivity index (χ4v) is 1.13. The van der Waals surface area contributed by atoms with E-state index in [1.165, 1.54) is 6.26 Å². The standard InChI is InChI=1S/2C6H7NO2/c1-4-2-5(6(7)8)9-3-4;1-4-2-3-5(9-4)6(7)8/h2*2-3H,1H3,(H2,7,8). The van der Waals surface area contributed by atoms with E-state index in [1.54, 1.807) is 25.1 Å². The minimum absolute atomic E-state index is 0.215. The van der Waals surface area contributed by atoms with Gasteiger partial charge in [0.1, 0.15) is 5.76 Å². The van der Waals surface area contributed by atoms with Crippen molar-refractivity contribution in [2.75, 3.05) is 0 Å². The summed E-state index contributed by atoms with van der Waals surface area (Å²) >= 11 is 0. The zero-order valence-corrected chi connectivity index (χ0v) is 10.1. The van der Waals surface area contributed by atoms with Gasteiger partial charge in [-0.05, 0) is 37.6 Å². The van der Waals surface area contributed by atoms with Crippen molar-refractivity contribution in [3.63, 3.8) is 0 Å². The van der Waals surface area contributed by atoms with E-state index in [9.17, 15) is 9.59 Å². The van der Waals surface area contributed by atoms with Crippen LogP contribution in [0.1, 0.15) is 32.4 Å². The molecule has 0 unspecified atom stereocenters. The molecule has 0 atom stereocenters. The summed E-state index contributed by atoms with van der Waals surface area (Å²) in [7, 11) is 0. The molecular weight excluding hydrogens is 236 g/mol. The number of carbonyl (C=O) groups is 2. The second-order valence-electron chi connectivity index (χ2n) is 3.63. The summed E-state index contributed by atoms with van der Waals surface area (Å²) in [5, 5.41) is 0. The van der Waals surface area contributed by atoms with Crippen molar-refractivity contribution < 1.29 is 18.4 Å². The topological polar surface area (TPSA) is 112 Å². The van der Waals surface area contributed by atoms with E-state index < -0.39 is 11.8 Å². The van der Waals surface area contributed by atoms with E-state index in [1.807, 2.05) is 6.92 Å². The quantitative estimate of drug-likeness (QED) is 0.837. The first kappa shape index (κ1) is 13.6. The summed E-state index contributed by atoms with van der Waals surface area (Å²) < 4.78 is 9.62. The predicted molar refractivity (Wildman–Crippen MR) is 63.9 cm³/mol. The Morgan fingerprint density at radius 3 is 1.89 bits per heavy atom. The maximum absolute atomic E-state index is 10.3. The molecule has 2 heterocycles. The lowest BCUT2D eigenvalue weighted by molar-refractivity contribution is 0.0965. The SMILES string of the molecule is Cc1ccc(C(N)=O)o1.Cc1coc(C(N)=O)c1. The monoisotopic (exact) mass is 250 g/mol. The van der Waals surface area contributed by atoms with Gasteiger partial charge in [0.25, 0.3) is 11.8 Å². The highest BCUT2D eigenvalue weighted by Crippen LogP contribution is 2.04. The Kier molecular flexibility index (Phi) is 4.31. The first-order valence-corrected chi connectivity index (χ1v) is 5.11. The molecule has 0 aliphatic rings. The number of nitrogens with two attached hydrogens (primary N) is 2. The number of carbonyl (C=O) groups excluding carboxylic acids is 2. The number of amides is 2. The lowest BCUT2D eigenvalue weighted by Gasteiger charge is -1.83. The van der Waals surface area contributed by atoms with Gasteiger partial charge in [-0.3, -0.25) is 9.59 Å². The number of hydrogen-bond acceptors (Lipinski definition) is 4. The van der Waals surface area contributed by atoms with Crippen molar-refractivity contribution in [2.24, 2.45) is 11.5 Å². The molecule has 0 bridgehead atoms. The van der Waals surface area contributed by atoms with E-state index in [0.717, 1.165) is 5.56 Å². The fourth-order valence-electron chi connectivity index (χ4n) is 1.13. The first-order chi connectivity index (χ1) is 8.40. The van der Waals surface area contributed by atoms with Crippen molar-refractivity contribution in [1.29, 1.82) is 0 Å². The summed E-state index contributed by atoms with van der Waals surface area (Å²) in [5.41, 5.74) is 10.7. The molecule has 96 valence electrons. The zero-order chi connectivity index (χ0) is 13.7. The third-order valence-corrected chi connectivity index (χ3v) is 1.96. The van der Waals surface area contributed by atoms with Crippen LogP contribution in [0.5, 0.6) is 0 Å². The average Bonchev–Trinajstić information content (AvgIpc) is 2.88. The molecule has 2 rings (SSSR count). The Bertz CT molecular complexity index is 504. The van der Waals surface area contributed by atoms with Crippen molar-refractivity contribution in [3.8, 4) is 0 Å². The van der Waals surface area contributed by atoms with Crippen LogP contribution >= 0.6 is 0 Å². The molecule has 0 spiro atoms. The maximum atomic E-state index is 10.3. The van der Waals surface area contributed by atoms with Gasteiger partial charge in [-0.25, -0.2) is 0 Å². The Balaban J connectivity index is 0.000000180. The van der Waals surface area contributed by atoms with Gasteiger partial charge in [0.05, 0.1) is 6.26 Å². The van der Waals surface area contributed by atoms with Gasteiger partial charge in [0.2, 0.25) is 0 Å². The Morgan fingerprint density at radius 2 is 1.67 bits per heavy atom. The van der Waals surface area contributed by atoms with Crippen LogP contribution in [0.4, 0.5) is 0 Å². The van der Waals surface area contributed by atoms with Crippen LogP contribution in [-0.2, 0) is 0 Å². The van der Waals surface area contributed by atoms with Crippen LogP contribution < -0.4 is 11.5 Å². The number of rotatable bonds is 2. The third kappa shape index (κ3) is 3.82. The molecular formula is C12H14N2O4. The summed E-state index contributed by atoms with van der Waals surface area (Å²) in [5.74, 6) is 0.0787. The average molecular weight is 250 g/mol. The van der Waals surface area contributed by atoms with Gasteiger partial charge in [0, 0.05) is 0 Å². The van der Waals surface area contributed by atoms with Crippen LogP contribution in [0.2, 0.25) is 0 Å². The van der Waals surface area contributed by atoms with Gasteiger partial charge in [-0.1, -0.05) is 0 Å². The normalized spacial score (nSPS) is 9.44. The minimum Gasteiger partial charge on any atom is -0.459 e. The number of primary amides is 2. The third-order valence-electron chi connectivity index (χ3n) is 1.96. The smallest absolute Gasteiger partial charge is 0.284 e. The van der Waals surface area contributed by atoms with Crippen molar-refractivity contribution in [1.82, 2.24) is 0 Å². The highest BCUT2D eigenvalue weighted by Gasteiger charge is 2.03. The molecule has 0 aromatic carbocycles. The number of furan rings is 2. The molecule has 2 aromatic heterocycles. The zero-order valence-electron chi connectivity index (χ0n) is 10.1. The van der Waals surface area contributed by atoms with E-state index in [4.69, 9.17) is 20.3 Å². The lowest BCUT2D eigenvalue weighted by atomic mass is 10.3. The fraction of sp³-hybridized carbons (Fsp3) is 0.167. The van der Waals surface area contributed by atoms with E-state index in [-0.39, 0.29) is 11.5 Å². The first-order valence-electron chi connectivity index (χ1n) is 5.11. The second kappa shape index (κ2) is 5.72. The van der Waals surface area contributed by atoms with Crippen LogP contribution in [-0.4, -0.2) is 11.8 Å². The van der Waals surface area contributed by atoms with Gasteiger partial charge >= 0.3 is 0 Å². The summed E-state index contributed by atoms with van der Waals surface area (Å²) in [6.45, 7) is 3.59. The summed E-state index contributed by atoms with van der Waals surface area (Å²) in [4.78, 5) is 20.7. The largest absolute Gasteiger partial charge is 0.459 e. The van der Waals surface area contributed by atoms with Crippen LogP contribution in [0.25, 0.3) is 0 Å². The molecule has 0 radical (unpaired) electrons. The summed E-state index contributed by atoms with van der Waals surface area (Å²) in [6, 6.07) is 4.85. The molecule has 6 heteroatoms. The highest BCUT2D eigenvalue weighted by atomic mass is 16.3. The molecule has 0 aliphatic carbocycles. The molecule has 0 fully saturated rings. The Morgan fingerprint density at radius 1 is 1.06 bits per heavy atom. The molecule has 18 heavy (non-hydrogen) atoms. The van der Waals surface area contributed by atoms with Gasteiger partial charge < -0.3 is 20.3 Å². The minimum atomic E-state index is -0.525. The van der Waals surface area contributed by atoms with Crippen LogP contribution in [0.15, 0.2) is 33.3 Å². The van der Waals surface area contributed by atoms with Crippen molar-refractivity contribution in [2.45, 2.75) is 13.8 Å². The molecule has 6 nitrogen and oxygen atoms in total. The lowest BCUT2D eigenvalue weighted by Crippen LogP contribution is -2.09. The van der Waals surface area contributed by atoms with Crippen molar-refractivity contribution >= 4 is 11.8 Å². The molecule has 2 amide bonds. The Hall–Kier alpha value is -2.50. The van der Waals surface area contributed by atoms with Gasteiger partial charge in [0.15, 0.2) is 11.5 Å². The van der Waals surface area contributed by atoms with Crippen LogP contribution in [0, 0.1) is 13.8 Å². The number of hydrogen-bond donors (Lipinski definition) is 2. The summed E-state index contributed by atoms with van der Waals surface area (Å²) in [6.07, 6.45) is 1.49. The highest BCUT2D eigenvalue weighted by molar-refractivity contribution is 5.90. The van der Waals surface area contributed by atoms with Crippen LogP contribution in [0.3, 0.4) is 0 Å². The van der Waals surface area contributed by atoms with Gasteiger partial charge in [-0.2, -0.15) is 0 Å². The van der Waals surface area contributed by atoms with Gasteiger partial charge in [-0.15, -0.1) is 0 Å². The molecule has 4 N–H and O–H groups in total.